The van der Waals surface area contributed by atoms with Crippen LogP contribution in [0.5, 0.6) is 17.2 Å². The molecule has 1 aliphatic heterocycles. The van der Waals surface area contributed by atoms with E-state index in [9.17, 15) is 28.6 Å². The largest absolute Gasteiger partial charge is 0.508 e. The molecule has 1 saturated heterocycles. The standard InChI is InChI=1S/C25H19F2NO6/c1-33-19-9-6-14(11-20(19)34-2)23(30)21-22(13-4-3-5-16(29)10-13)28(25(32)24(21)31)18-8-7-15(26)12-17(18)27/h3-12,22,29-30H,1-2H3/b23-21+. The van der Waals surface area contributed by atoms with Gasteiger partial charge in [0.2, 0.25) is 0 Å². The van der Waals surface area contributed by atoms with E-state index in [0.29, 0.717) is 11.8 Å². The van der Waals surface area contributed by atoms with Gasteiger partial charge in [-0.1, -0.05) is 12.1 Å². The number of aliphatic hydroxyl groups excluding tert-OH is 1. The number of carbonyl (C=O) groups is 2. The number of anilines is 1. The highest BCUT2D eigenvalue weighted by Crippen LogP contribution is 2.44. The van der Waals surface area contributed by atoms with Gasteiger partial charge < -0.3 is 19.7 Å². The number of hydrogen-bond donors (Lipinski definition) is 2. The second-order valence-electron chi connectivity index (χ2n) is 7.43. The number of benzene rings is 3. The Bertz CT molecular complexity index is 1340. The average Bonchev–Trinajstić information content (AvgIpc) is 3.08. The van der Waals surface area contributed by atoms with Crippen LogP contribution in [0.2, 0.25) is 0 Å². The number of halogens is 2. The maximum absolute atomic E-state index is 14.7. The van der Waals surface area contributed by atoms with Crippen LogP contribution in [0.3, 0.4) is 0 Å². The van der Waals surface area contributed by atoms with Gasteiger partial charge in [-0.15, -0.1) is 0 Å². The van der Waals surface area contributed by atoms with Crippen LogP contribution in [-0.4, -0.2) is 36.1 Å². The second kappa shape index (κ2) is 8.86. The highest BCUT2D eigenvalue weighted by molar-refractivity contribution is 6.51. The summed E-state index contributed by atoms with van der Waals surface area (Å²) in [5.41, 5.74) is -0.333. The van der Waals surface area contributed by atoms with Gasteiger partial charge in [-0.2, -0.15) is 0 Å². The van der Waals surface area contributed by atoms with Gasteiger partial charge >= 0.3 is 0 Å². The van der Waals surface area contributed by atoms with Gasteiger partial charge in [-0.25, -0.2) is 8.78 Å². The lowest BCUT2D eigenvalue weighted by atomic mass is 9.94. The molecular formula is C25H19F2NO6. The average molecular weight is 467 g/mol. The molecule has 4 rings (SSSR count). The fourth-order valence-electron chi connectivity index (χ4n) is 3.91. The molecule has 3 aromatic carbocycles. The van der Waals surface area contributed by atoms with E-state index in [1.807, 2.05) is 0 Å². The fraction of sp³-hybridized carbons (Fsp3) is 0.120. The van der Waals surface area contributed by atoms with Crippen LogP contribution in [0.25, 0.3) is 5.76 Å². The first-order valence-electron chi connectivity index (χ1n) is 10.0. The lowest BCUT2D eigenvalue weighted by Crippen LogP contribution is -2.30. The van der Waals surface area contributed by atoms with Gasteiger partial charge in [0, 0.05) is 11.6 Å². The lowest BCUT2D eigenvalue weighted by Gasteiger charge is -2.26. The Hall–Kier alpha value is -4.40. The van der Waals surface area contributed by atoms with Crippen molar-refractivity contribution in [2.75, 3.05) is 19.1 Å². The summed E-state index contributed by atoms with van der Waals surface area (Å²) in [5, 5.41) is 21.1. The van der Waals surface area contributed by atoms with E-state index in [4.69, 9.17) is 9.47 Å². The highest BCUT2D eigenvalue weighted by atomic mass is 19.1. The van der Waals surface area contributed by atoms with Crippen molar-refractivity contribution in [3.8, 4) is 17.2 Å². The predicted molar refractivity (Wildman–Crippen MR) is 119 cm³/mol. The molecule has 2 N–H and O–H groups in total. The molecule has 174 valence electrons. The Morgan fingerprint density at radius 2 is 1.68 bits per heavy atom. The van der Waals surface area contributed by atoms with Crippen LogP contribution in [-0.2, 0) is 9.59 Å². The molecule has 0 spiro atoms. The Morgan fingerprint density at radius 3 is 2.32 bits per heavy atom. The number of phenols is 1. The highest BCUT2D eigenvalue weighted by Gasteiger charge is 2.48. The number of phenolic OH excluding ortho intramolecular Hbond substituents is 1. The summed E-state index contributed by atoms with van der Waals surface area (Å²) < 4.78 is 38.7. The zero-order valence-electron chi connectivity index (χ0n) is 18.1. The monoisotopic (exact) mass is 467 g/mol. The number of hydrogen-bond acceptors (Lipinski definition) is 6. The van der Waals surface area contributed by atoms with Gasteiger partial charge in [-0.05, 0) is 48.0 Å². The van der Waals surface area contributed by atoms with Crippen LogP contribution in [0.1, 0.15) is 17.2 Å². The number of nitrogens with zero attached hydrogens (tertiary/aromatic N) is 1. The first kappa shape index (κ1) is 22.8. The van der Waals surface area contributed by atoms with E-state index in [1.165, 1.54) is 56.7 Å². The first-order chi connectivity index (χ1) is 16.3. The van der Waals surface area contributed by atoms with E-state index < -0.39 is 35.1 Å². The van der Waals surface area contributed by atoms with Crippen molar-refractivity contribution < 1.29 is 38.1 Å². The Morgan fingerprint density at radius 1 is 0.941 bits per heavy atom. The van der Waals surface area contributed by atoms with Crippen molar-refractivity contribution in [1.29, 1.82) is 0 Å². The number of rotatable bonds is 5. The van der Waals surface area contributed by atoms with Crippen molar-refractivity contribution in [3.05, 3.63) is 89.0 Å². The molecule has 1 amide bonds. The zero-order valence-corrected chi connectivity index (χ0v) is 18.1. The number of aliphatic hydroxyl groups is 1. The summed E-state index contributed by atoms with van der Waals surface area (Å²) >= 11 is 0. The minimum Gasteiger partial charge on any atom is -0.508 e. The molecule has 3 aromatic rings. The molecule has 0 aliphatic carbocycles. The third-order valence-electron chi connectivity index (χ3n) is 5.46. The third-order valence-corrected chi connectivity index (χ3v) is 5.46. The lowest BCUT2D eigenvalue weighted by molar-refractivity contribution is -0.132. The van der Waals surface area contributed by atoms with Gasteiger partial charge in [-0.3, -0.25) is 14.5 Å². The maximum Gasteiger partial charge on any atom is 0.300 e. The first-order valence-corrected chi connectivity index (χ1v) is 10.0. The minimum atomic E-state index is -1.31. The Kier molecular flexibility index (Phi) is 5.93. The molecule has 0 radical (unpaired) electrons. The van der Waals surface area contributed by atoms with Gasteiger partial charge in [0.15, 0.2) is 11.5 Å². The van der Waals surface area contributed by atoms with Gasteiger partial charge in [0.05, 0.1) is 31.5 Å². The number of Topliss-reactive ketones (excluding diaryl/α,β-unsaturated/α-hetero) is 1. The molecule has 1 heterocycles. The molecular weight excluding hydrogens is 448 g/mol. The molecule has 34 heavy (non-hydrogen) atoms. The molecule has 0 bridgehead atoms. The summed E-state index contributed by atoms with van der Waals surface area (Å²) in [6.45, 7) is 0. The van der Waals surface area contributed by atoms with E-state index in [0.717, 1.165) is 17.0 Å². The van der Waals surface area contributed by atoms with Crippen LogP contribution in [0, 0.1) is 11.6 Å². The summed E-state index contributed by atoms with van der Waals surface area (Å²) in [4.78, 5) is 27.0. The van der Waals surface area contributed by atoms with E-state index in [1.54, 1.807) is 0 Å². The summed E-state index contributed by atoms with van der Waals surface area (Å²) in [7, 11) is 2.83. The summed E-state index contributed by atoms with van der Waals surface area (Å²) in [6.07, 6.45) is 0. The van der Waals surface area contributed by atoms with Crippen LogP contribution >= 0.6 is 0 Å². The molecule has 1 atom stereocenters. The smallest absolute Gasteiger partial charge is 0.300 e. The fourth-order valence-corrected chi connectivity index (χ4v) is 3.91. The number of aromatic hydroxyl groups is 1. The molecule has 1 aliphatic rings. The van der Waals surface area contributed by atoms with Crippen molar-refractivity contribution in [3.63, 3.8) is 0 Å². The zero-order chi connectivity index (χ0) is 24.6. The third kappa shape index (κ3) is 3.81. The van der Waals surface area contributed by atoms with Crippen molar-refractivity contribution in [1.82, 2.24) is 0 Å². The van der Waals surface area contributed by atoms with Crippen LogP contribution < -0.4 is 14.4 Å². The van der Waals surface area contributed by atoms with Crippen LogP contribution in [0.15, 0.2) is 66.2 Å². The van der Waals surface area contributed by atoms with E-state index in [2.05, 4.69) is 0 Å². The topological polar surface area (TPSA) is 96.3 Å². The SMILES string of the molecule is COc1ccc(/C(O)=C2\C(=O)C(=O)N(c3ccc(F)cc3F)C2c2cccc(O)c2)cc1OC. The maximum atomic E-state index is 14.7. The number of methoxy groups -OCH3 is 2. The van der Waals surface area contributed by atoms with Crippen LogP contribution in [0.4, 0.5) is 14.5 Å². The molecule has 9 heteroatoms. The molecule has 0 aromatic heterocycles. The number of ether oxygens (including phenoxy) is 2. The summed E-state index contributed by atoms with van der Waals surface area (Å²) in [5.74, 6) is -4.22. The number of ketones is 1. The normalized spacial score (nSPS) is 17.2. The molecule has 7 nitrogen and oxygen atoms in total. The van der Waals surface area contributed by atoms with Gasteiger partial charge in [0.25, 0.3) is 11.7 Å². The summed E-state index contributed by atoms with van der Waals surface area (Å²) in [6, 6.07) is 11.3. The van der Waals surface area contributed by atoms with Crippen molar-refractivity contribution in [2.24, 2.45) is 0 Å². The van der Waals surface area contributed by atoms with E-state index in [-0.39, 0.29) is 33.9 Å². The molecule has 1 fully saturated rings. The molecule has 0 saturated carbocycles. The predicted octanol–water partition coefficient (Wildman–Crippen LogP) is 4.31. The Labute approximate surface area is 193 Å². The van der Waals surface area contributed by atoms with Crippen molar-refractivity contribution in [2.45, 2.75) is 6.04 Å². The van der Waals surface area contributed by atoms with E-state index >= 15 is 0 Å². The number of carbonyl (C=O) groups excluding carboxylic acids is 2. The quantitative estimate of drug-likeness (QED) is 0.330. The Balaban J connectivity index is 1.97. The molecule has 1 unspecified atom stereocenters. The second-order valence-corrected chi connectivity index (χ2v) is 7.43. The van der Waals surface area contributed by atoms with Crippen molar-refractivity contribution >= 4 is 23.1 Å². The minimum absolute atomic E-state index is 0.139. The number of amides is 1. The van der Waals surface area contributed by atoms with Gasteiger partial charge in [0.1, 0.15) is 23.1 Å².